The second kappa shape index (κ2) is 5.16. The summed E-state index contributed by atoms with van der Waals surface area (Å²) in [6.45, 7) is 0. The average Bonchev–Trinajstić information content (AvgIpc) is 1.69. The Balaban J connectivity index is 3.33. The van der Waals surface area contributed by atoms with Gasteiger partial charge in [-0.1, -0.05) is 0 Å². The van der Waals surface area contributed by atoms with Crippen molar-refractivity contribution in [3.05, 3.63) is 20.9 Å². The molecule has 0 aliphatic heterocycles. The van der Waals surface area contributed by atoms with Crippen LogP contribution in [0.3, 0.4) is 0 Å². The number of nitrogens with zero attached hydrogens (tertiary/aromatic N) is 6. The van der Waals surface area contributed by atoms with Crippen molar-refractivity contribution < 1.29 is 0 Å². The summed E-state index contributed by atoms with van der Waals surface area (Å²) in [5.74, 6) is 0. The summed E-state index contributed by atoms with van der Waals surface area (Å²) in [7, 11) is 0. The molecule has 0 aromatic carbocycles. The molecule has 0 unspecified atom stereocenters. The van der Waals surface area contributed by atoms with Crippen LogP contribution in [0.2, 0.25) is 0 Å². The second-order valence-corrected chi connectivity index (χ2v) is 1.74. The third-order valence-corrected chi connectivity index (χ3v) is 0.930. The van der Waals surface area contributed by atoms with Crippen LogP contribution < -0.4 is 0 Å². The van der Waals surface area contributed by atoms with Crippen LogP contribution in [0, 0.1) is 0 Å². The Kier molecular flexibility index (Phi) is 4.55. The minimum atomic E-state index is -1.07. The zero-order chi connectivity index (χ0) is 5.54. The van der Waals surface area contributed by atoms with Crippen LogP contribution in [0.25, 0.3) is 20.9 Å². The third kappa shape index (κ3) is 5.16. The van der Waals surface area contributed by atoms with Crippen molar-refractivity contribution in [2.75, 3.05) is 0 Å². The average molecular weight is 157 g/mol. The van der Waals surface area contributed by atoms with Gasteiger partial charge in [0, 0.05) is 0 Å². The fourth-order valence-corrected chi connectivity index (χ4v) is 0.312. The molecule has 7 heavy (non-hydrogen) atoms. The molecule has 0 saturated carbocycles. The van der Waals surface area contributed by atoms with E-state index in [2.05, 4.69) is 18.0 Å². The van der Waals surface area contributed by atoms with Gasteiger partial charge in [-0.05, 0) is 0 Å². The maximum absolute atomic E-state index is 7.60. The summed E-state index contributed by atoms with van der Waals surface area (Å²) in [6, 6.07) is 0. The molecule has 34 valence electrons. The predicted molar refractivity (Wildman–Crippen MR) is 24.0 cm³/mol. The van der Waals surface area contributed by atoms with Gasteiger partial charge in [0.25, 0.3) is 0 Å². The van der Waals surface area contributed by atoms with Gasteiger partial charge in [0.05, 0.1) is 0 Å². The molecular formula is GeN6. The Hall–Kier alpha value is -0.837. The number of hydrogen-bond acceptors (Lipinski definition) is 2. The van der Waals surface area contributed by atoms with Gasteiger partial charge < -0.3 is 0 Å². The van der Waals surface area contributed by atoms with E-state index < -0.39 is 15.9 Å². The van der Waals surface area contributed by atoms with Crippen molar-refractivity contribution in [1.82, 2.24) is 0 Å². The van der Waals surface area contributed by atoms with Gasteiger partial charge in [-0.3, -0.25) is 0 Å². The molecule has 0 aromatic rings. The second-order valence-electron chi connectivity index (χ2n) is 0.479. The summed E-state index contributed by atoms with van der Waals surface area (Å²) in [4.78, 5) is 4.78. The van der Waals surface area contributed by atoms with Gasteiger partial charge in [-0.2, -0.15) is 0 Å². The van der Waals surface area contributed by atoms with E-state index in [9.17, 15) is 0 Å². The quantitative estimate of drug-likeness (QED) is 0.248. The van der Waals surface area contributed by atoms with E-state index in [1.54, 1.807) is 0 Å². The van der Waals surface area contributed by atoms with Gasteiger partial charge in [0.1, 0.15) is 0 Å². The van der Waals surface area contributed by atoms with Gasteiger partial charge >= 0.3 is 44.9 Å². The number of rotatable bonds is 2. The van der Waals surface area contributed by atoms with E-state index in [-0.39, 0.29) is 0 Å². The van der Waals surface area contributed by atoms with Crippen molar-refractivity contribution in [2.24, 2.45) is 8.14 Å². The molecule has 0 fully saturated rings. The Labute approximate surface area is 45.7 Å². The molecular weight excluding hydrogens is 157 g/mol. The molecule has 0 aromatic heterocycles. The van der Waals surface area contributed by atoms with Gasteiger partial charge in [-0.25, -0.2) is 0 Å². The molecule has 7 heteroatoms. The van der Waals surface area contributed by atoms with Crippen LogP contribution >= 0.6 is 0 Å². The zero-order valence-corrected chi connectivity index (χ0v) is 5.28. The van der Waals surface area contributed by atoms with Crippen LogP contribution in [0.1, 0.15) is 0 Å². The first-order chi connectivity index (χ1) is 3.41. The third-order valence-electron chi connectivity index (χ3n) is 0.179. The molecule has 2 radical (unpaired) electrons. The molecule has 0 atom stereocenters. The van der Waals surface area contributed by atoms with E-state index in [1.807, 2.05) is 0 Å². The van der Waals surface area contributed by atoms with Crippen LogP contribution in [0.4, 0.5) is 0 Å². The topological polar surface area (TPSA) is 97.5 Å². The number of azide groups is 1. The van der Waals surface area contributed by atoms with Crippen LogP contribution in [0.15, 0.2) is 8.14 Å². The molecule has 6 nitrogen and oxygen atoms in total. The Bertz CT molecular complexity index is 107. The minimum absolute atomic E-state index is 1.07. The molecule has 0 amide bonds. The van der Waals surface area contributed by atoms with E-state index in [4.69, 9.17) is 11.1 Å². The van der Waals surface area contributed by atoms with Crippen molar-refractivity contribution in [3.63, 3.8) is 0 Å². The molecule has 0 rings (SSSR count). The number of hydrogen-bond donors (Lipinski definition) is 0. The maximum atomic E-state index is 7.60. The monoisotopic (exact) mass is 158 g/mol. The first-order valence-corrected chi connectivity index (χ1v) is 3.12. The molecule has 0 N–H and O–H groups in total. The van der Waals surface area contributed by atoms with Crippen molar-refractivity contribution in [2.45, 2.75) is 0 Å². The standard InChI is InChI=1S/GeN6/c2-6-4-1-5-7-3. The van der Waals surface area contributed by atoms with Crippen LogP contribution in [-0.2, 0) is 0 Å². The van der Waals surface area contributed by atoms with E-state index in [1.165, 1.54) is 0 Å². The first kappa shape index (κ1) is 6.16. The van der Waals surface area contributed by atoms with Crippen LogP contribution in [0.5, 0.6) is 0 Å². The zero-order valence-electron chi connectivity index (χ0n) is 3.18. The van der Waals surface area contributed by atoms with Crippen molar-refractivity contribution >= 4 is 15.9 Å². The Morgan fingerprint density at radius 2 is 1.57 bits per heavy atom. The summed E-state index contributed by atoms with van der Waals surface area (Å²) in [6.07, 6.45) is 0. The van der Waals surface area contributed by atoms with Crippen molar-refractivity contribution in [3.8, 4) is 0 Å². The molecule has 0 spiro atoms. The SMILES string of the molecule is [N-]=[N+]=[N][Ge][N]=[N+]=[N-]. The van der Waals surface area contributed by atoms with Crippen molar-refractivity contribution in [1.29, 1.82) is 0 Å². The van der Waals surface area contributed by atoms with E-state index in [0.29, 0.717) is 0 Å². The van der Waals surface area contributed by atoms with Crippen LogP contribution in [-0.4, -0.2) is 15.9 Å². The van der Waals surface area contributed by atoms with Gasteiger partial charge in [0.15, 0.2) is 0 Å². The molecule has 0 aliphatic carbocycles. The normalized spacial score (nSPS) is 5.71. The first-order valence-electron chi connectivity index (χ1n) is 1.25. The fraction of sp³-hybridized carbons (Fsp3) is 0. The molecule has 0 aliphatic rings. The summed E-state index contributed by atoms with van der Waals surface area (Å²) in [5.41, 5.74) is 15.2. The molecule has 0 saturated heterocycles. The van der Waals surface area contributed by atoms with Gasteiger partial charge in [-0.15, -0.1) is 0 Å². The Morgan fingerprint density at radius 1 is 1.14 bits per heavy atom. The summed E-state index contributed by atoms with van der Waals surface area (Å²) >= 11 is -1.07. The summed E-state index contributed by atoms with van der Waals surface area (Å²) < 4.78 is 6.09. The molecule has 0 bridgehead atoms. The van der Waals surface area contributed by atoms with Gasteiger partial charge in [0.2, 0.25) is 0 Å². The Morgan fingerprint density at radius 3 is 1.86 bits per heavy atom. The van der Waals surface area contributed by atoms with E-state index in [0.717, 1.165) is 0 Å². The fourth-order valence-electron chi connectivity index (χ4n) is 0.0600. The summed E-state index contributed by atoms with van der Waals surface area (Å²) in [5, 5.41) is 0. The van der Waals surface area contributed by atoms with E-state index >= 15 is 0 Å². The predicted octanol–water partition coefficient (Wildman–Crippen LogP) is 1.14. The molecule has 0 heterocycles.